The van der Waals surface area contributed by atoms with Crippen molar-refractivity contribution in [2.24, 2.45) is 4.99 Å². The van der Waals surface area contributed by atoms with Crippen LogP contribution in [0.4, 0.5) is 0 Å². The number of aryl methyl sites for hydroxylation is 2. The zero-order valence-electron chi connectivity index (χ0n) is 13.3. The number of hydrogen-bond acceptors (Lipinski definition) is 3. The summed E-state index contributed by atoms with van der Waals surface area (Å²) in [5, 5.41) is 0. The standard InChI is InChI=1S/C17H24N2O2/c1-12-9-13(2)11-15(10-12)17(20)21-16-5-7-19(8-6-16)14(3)18-4/h9-11,16H,5-8H2,1-4H3. The number of aliphatic imine (C=N–C) groups is 1. The highest BCUT2D eigenvalue weighted by atomic mass is 16.5. The third-order valence-corrected chi connectivity index (χ3v) is 3.95. The van der Waals surface area contributed by atoms with E-state index in [9.17, 15) is 4.79 Å². The molecule has 114 valence electrons. The Bertz CT molecular complexity index is 523. The van der Waals surface area contributed by atoms with Crippen LogP contribution in [0.25, 0.3) is 0 Å². The molecule has 1 fully saturated rings. The van der Waals surface area contributed by atoms with Crippen molar-refractivity contribution in [3.63, 3.8) is 0 Å². The van der Waals surface area contributed by atoms with E-state index in [4.69, 9.17) is 4.74 Å². The molecule has 21 heavy (non-hydrogen) atoms. The van der Waals surface area contributed by atoms with E-state index in [1.807, 2.05) is 40.0 Å². The van der Waals surface area contributed by atoms with Gasteiger partial charge in [-0.1, -0.05) is 17.2 Å². The summed E-state index contributed by atoms with van der Waals surface area (Å²) in [5.74, 6) is 0.843. The molecular weight excluding hydrogens is 264 g/mol. The Balaban J connectivity index is 1.92. The van der Waals surface area contributed by atoms with Gasteiger partial charge in [-0.25, -0.2) is 4.79 Å². The molecule has 1 aromatic rings. The van der Waals surface area contributed by atoms with Gasteiger partial charge in [0.2, 0.25) is 0 Å². The third kappa shape index (κ3) is 4.06. The zero-order chi connectivity index (χ0) is 15.4. The average Bonchev–Trinajstić information content (AvgIpc) is 2.46. The number of benzene rings is 1. The monoisotopic (exact) mass is 288 g/mol. The summed E-state index contributed by atoms with van der Waals surface area (Å²) in [4.78, 5) is 18.7. The molecule has 0 atom stereocenters. The van der Waals surface area contributed by atoms with Gasteiger partial charge < -0.3 is 9.64 Å². The largest absolute Gasteiger partial charge is 0.459 e. The number of nitrogens with zero attached hydrogens (tertiary/aromatic N) is 2. The van der Waals surface area contributed by atoms with Crippen molar-refractivity contribution in [2.75, 3.05) is 20.1 Å². The van der Waals surface area contributed by atoms with Gasteiger partial charge in [-0.05, 0) is 32.9 Å². The molecule has 0 spiro atoms. The van der Waals surface area contributed by atoms with Crippen LogP contribution in [0.5, 0.6) is 0 Å². The Hall–Kier alpha value is -1.84. The fourth-order valence-electron chi connectivity index (χ4n) is 2.75. The topological polar surface area (TPSA) is 41.9 Å². The quantitative estimate of drug-likeness (QED) is 0.477. The number of esters is 1. The molecule has 0 unspecified atom stereocenters. The van der Waals surface area contributed by atoms with Gasteiger partial charge in [0.1, 0.15) is 6.10 Å². The molecule has 4 heteroatoms. The van der Waals surface area contributed by atoms with Crippen molar-refractivity contribution in [3.8, 4) is 0 Å². The van der Waals surface area contributed by atoms with Gasteiger partial charge in [0.05, 0.1) is 11.4 Å². The number of amidine groups is 1. The summed E-state index contributed by atoms with van der Waals surface area (Å²) >= 11 is 0. The second-order valence-electron chi connectivity index (χ2n) is 5.74. The zero-order valence-corrected chi connectivity index (χ0v) is 13.3. The van der Waals surface area contributed by atoms with E-state index < -0.39 is 0 Å². The van der Waals surface area contributed by atoms with E-state index in [2.05, 4.69) is 16.0 Å². The van der Waals surface area contributed by atoms with E-state index in [-0.39, 0.29) is 12.1 Å². The first-order chi connectivity index (χ1) is 9.99. The van der Waals surface area contributed by atoms with Crippen LogP contribution in [0, 0.1) is 13.8 Å². The van der Waals surface area contributed by atoms with Crippen molar-refractivity contribution >= 4 is 11.8 Å². The van der Waals surface area contributed by atoms with Crippen LogP contribution in [0.2, 0.25) is 0 Å². The molecule has 1 heterocycles. The summed E-state index contributed by atoms with van der Waals surface area (Å²) in [6, 6.07) is 5.83. The van der Waals surface area contributed by atoms with Crippen LogP contribution < -0.4 is 0 Å². The van der Waals surface area contributed by atoms with Crippen LogP contribution >= 0.6 is 0 Å². The van der Waals surface area contributed by atoms with Crippen molar-refractivity contribution in [2.45, 2.75) is 39.7 Å². The minimum atomic E-state index is -0.207. The molecular formula is C17H24N2O2. The molecule has 0 radical (unpaired) electrons. The summed E-state index contributed by atoms with van der Waals surface area (Å²) in [7, 11) is 1.81. The lowest BCUT2D eigenvalue weighted by molar-refractivity contribution is 0.0171. The highest BCUT2D eigenvalue weighted by Crippen LogP contribution is 2.17. The predicted octanol–water partition coefficient (Wildman–Crippen LogP) is 2.97. The van der Waals surface area contributed by atoms with E-state index in [0.717, 1.165) is 42.9 Å². The fraction of sp³-hybridized carbons (Fsp3) is 0.529. The van der Waals surface area contributed by atoms with Crippen molar-refractivity contribution in [1.82, 2.24) is 4.90 Å². The number of carbonyl (C=O) groups excluding carboxylic acids is 1. The van der Waals surface area contributed by atoms with Gasteiger partial charge in [-0.2, -0.15) is 0 Å². The summed E-state index contributed by atoms with van der Waals surface area (Å²) in [5.41, 5.74) is 2.83. The molecule has 0 bridgehead atoms. The lowest BCUT2D eigenvalue weighted by atomic mass is 10.1. The number of piperidine rings is 1. The molecule has 1 aromatic carbocycles. The number of rotatable bonds is 2. The highest BCUT2D eigenvalue weighted by molar-refractivity contribution is 5.90. The molecule has 1 saturated heterocycles. The van der Waals surface area contributed by atoms with Crippen LogP contribution in [-0.4, -0.2) is 42.9 Å². The first kappa shape index (κ1) is 15.5. The minimum Gasteiger partial charge on any atom is -0.459 e. The van der Waals surface area contributed by atoms with Crippen molar-refractivity contribution in [1.29, 1.82) is 0 Å². The molecule has 0 aromatic heterocycles. The van der Waals surface area contributed by atoms with Gasteiger partial charge in [0, 0.05) is 33.0 Å². The Morgan fingerprint density at radius 2 is 1.76 bits per heavy atom. The molecule has 4 nitrogen and oxygen atoms in total. The Kier molecular flexibility index (Phi) is 4.99. The smallest absolute Gasteiger partial charge is 0.338 e. The Morgan fingerprint density at radius 1 is 1.19 bits per heavy atom. The lowest BCUT2D eigenvalue weighted by Crippen LogP contribution is -2.40. The molecule has 0 N–H and O–H groups in total. The van der Waals surface area contributed by atoms with E-state index in [0.29, 0.717) is 5.56 Å². The summed E-state index contributed by atoms with van der Waals surface area (Å²) in [6.07, 6.45) is 1.74. The summed E-state index contributed by atoms with van der Waals surface area (Å²) < 4.78 is 5.64. The number of carbonyl (C=O) groups is 1. The second-order valence-corrected chi connectivity index (χ2v) is 5.74. The molecule has 1 aliphatic rings. The Labute approximate surface area is 126 Å². The normalized spacial score (nSPS) is 17.0. The minimum absolute atomic E-state index is 0.0132. The van der Waals surface area contributed by atoms with E-state index in [1.165, 1.54) is 0 Å². The van der Waals surface area contributed by atoms with Crippen LogP contribution in [0.15, 0.2) is 23.2 Å². The van der Waals surface area contributed by atoms with Gasteiger partial charge in [-0.15, -0.1) is 0 Å². The van der Waals surface area contributed by atoms with Gasteiger partial charge >= 0.3 is 5.97 Å². The molecule has 0 amide bonds. The highest BCUT2D eigenvalue weighted by Gasteiger charge is 2.23. The van der Waals surface area contributed by atoms with E-state index >= 15 is 0 Å². The number of hydrogen-bond donors (Lipinski definition) is 0. The molecule has 0 saturated carbocycles. The third-order valence-electron chi connectivity index (χ3n) is 3.95. The fourth-order valence-corrected chi connectivity index (χ4v) is 2.75. The predicted molar refractivity (Wildman–Crippen MR) is 85.0 cm³/mol. The number of ether oxygens (including phenoxy) is 1. The Morgan fingerprint density at radius 3 is 2.29 bits per heavy atom. The second kappa shape index (κ2) is 6.74. The van der Waals surface area contributed by atoms with Crippen LogP contribution in [0.1, 0.15) is 41.3 Å². The summed E-state index contributed by atoms with van der Waals surface area (Å²) in [6.45, 7) is 7.80. The first-order valence-corrected chi connectivity index (χ1v) is 7.47. The molecule has 1 aliphatic heterocycles. The SMILES string of the molecule is CN=C(C)N1CCC(OC(=O)c2cc(C)cc(C)c2)CC1. The molecule has 2 rings (SSSR count). The maximum absolute atomic E-state index is 12.2. The average molecular weight is 288 g/mol. The van der Waals surface area contributed by atoms with Gasteiger partial charge in [0.25, 0.3) is 0 Å². The van der Waals surface area contributed by atoms with Crippen LogP contribution in [0.3, 0.4) is 0 Å². The van der Waals surface area contributed by atoms with Gasteiger partial charge in [-0.3, -0.25) is 4.99 Å². The van der Waals surface area contributed by atoms with E-state index in [1.54, 1.807) is 0 Å². The maximum Gasteiger partial charge on any atom is 0.338 e. The lowest BCUT2D eigenvalue weighted by Gasteiger charge is -2.32. The molecule has 0 aliphatic carbocycles. The van der Waals surface area contributed by atoms with Crippen molar-refractivity contribution < 1.29 is 9.53 Å². The van der Waals surface area contributed by atoms with Gasteiger partial charge in [0.15, 0.2) is 0 Å². The first-order valence-electron chi connectivity index (χ1n) is 7.47. The van der Waals surface area contributed by atoms with Crippen LogP contribution in [-0.2, 0) is 4.74 Å². The number of likely N-dealkylation sites (tertiary alicyclic amines) is 1. The maximum atomic E-state index is 12.2. The van der Waals surface area contributed by atoms with Crippen molar-refractivity contribution in [3.05, 3.63) is 34.9 Å².